The number of nitrogens with zero attached hydrogens (tertiary/aromatic N) is 2. The SMILES string of the molecule is COCCNCC1CCc2nc(C(C)(C)OC)ncc2C1. The first-order chi connectivity index (χ1) is 10.1. The minimum absolute atomic E-state index is 0.423. The van der Waals surface area contributed by atoms with Gasteiger partial charge in [0.15, 0.2) is 5.82 Å². The van der Waals surface area contributed by atoms with Gasteiger partial charge in [-0.1, -0.05) is 0 Å². The van der Waals surface area contributed by atoms with E-state index in [9.17, 15) is 0 Å². The Balaban J connectivity index is 1.96. The first kappa shape index (κ1) is 16.3. The van der Waals surface area contributed by atoms with E-state index >= 15 is 0 Å². The van der Waals surface area contributed by atoms with Crippen LogP contribution in [0.25, 0.3) is 0 Å². The molecule has 1 unspecified atom stereocenters. The molecular weight excluding hydrogens is 266 g/mol. The molecule has 118 valence electrons. The van der Waals surface area contributed by atoms with E-state index in [0.717, 1.165) is 38.4 Å². The lowest BCUT2D eigenvalue weighted by Crippen LogP contribution is -2.31. The normalized spacial score (nSPS) is 18.6. The summed E-state index contributed by atoms with van der Waals surface area (Å²) >= 11 is 0. The van der Waals surface area contributed by atoms with Gasteiger partial charge in [-0.2, -0.15) is 0 Å². The Morgan fingerprint density at radius 3 is 2.90 bits per heavy atom. The third-order valence-corrected chi connectivity index (χ3v) is 4.22. The van der Waals surface area contributed by atoms with Crippen molar-refractivity contribution in [2.45, 2.75) is 38.7 Å². The van der Waals surface area contributed by atoms with Crippen LogP contribution in [0.5, 0.6) is 0 Å². The molecule has 1 aliphatic rings. The second-order valence-corrected chi connectivity index (χ2v) is 6.19. The molecule has 1 N–H and O–H groups in total. The Kier molecular flexibility index (Phi) is 5.67. The molecule has 1 aromatic rings. The molecule has 0 saturated carbocycles. The smallest absolute Gasteiger partial charge is 0.159 e. The molecule has 0 fully saturated rings. The molecule has 5 nitrogen and oxygen atoms in total. The van der Waals surface area contributed by atoms with Crippen LogP contribution in [-0.2, 0) is 27.9 Å². The Bertz CT molecular complexity index is 463. The second-order valence-electron chi connectivity index (χ2n) is 6.19. The minimum Gasteiger partial charge on any atom is -0.383 e. The molecule has 0 radical (unpaired) electrons. The number of aromatic nitrogens is 2. The molecule has 0 saturated heterocycles. The van der Waals surface area contributed by atoms with Gasteiger partial charge in [0, 0.05) is 32.7 Å². The predicted molar refractivity (Wildman–Crippen MR) is 82.3 cm³/mol. The Hall–Kier alpha value is -1.04. The molecular formula is C16H27N3O2. The predicted octanol–water partition coefficient (Wildman–Crippen LogP) is 1.70. The fourth-order valence-electron chi connectivity index (χ4n) is 2.62. The van der Waals surface area contributed by atoms with E-state index in [1.165, 1.54) is 17.7 Å². The maximum atomic E-state index is 5.47. The van der Waals surface area contributed by atoms with E-state index in [1.807, 2.05) is 20.0 Å². The average Bonchev–Trinajstić information content (AvgIpc) is 2.51. The van der Waals surface area contributed by atoms with Crippen LogP contribution in [0.4, 0.5) is 0 Å². The number of methoxy groups -OCH3 is 2. The molecule has 2 rings (SSSR count). The molecule has 0 bridgehead atoms. The highest BCUT2D eigenvalue weighted by Gasteiger charge is 2.26. The molecule has 0 amide bonds. The van der Waals surface area contributed by atoms with Crippen molar-refractivity contribution >= 4 is 0 Å². The van der Waals surface area contributed by atoms with Gasteiger partial charge in [0.2, 0.25) is 0 Å². The largest absolute Gasteiger partial charge is 0.383 e. The van der Waals surface area contributed by atoms with Gasteiger partial charge in [-0.15, -0.1) is 0 Å². The van der Waals surface area contributed by atoms with Crippen molar-refractivity contribution in [3.8, 4) is 0 Å². The van der Waals surface area contributed by atoms with E-state index in [4.69, 9.17) is 14.5 Å². The van der Waals surface area contributed by atoms with Crippen molar-refractivity contribution in [3.63, 3.8) is 0 Å². The van der Waals surface area contributed by atoms with Crippen molar-refractivity contribution in [3.05, 3.63) is 23.3 Å². The molecule has 1 aromatic heterocycles. The number of hydrogen-bond acceptors (Lipinski definition) is 5. The number of nitrogens with one attached hydrogen (secondary N) is 1. The lowest BCUT2D eigenvalue weighted by molar-refractivity contribution is 0.0111. The summed E-state index contributed by atoms with van der Waals surface area (Å²) in [6, 6.07) is 0. The van der Waals surface area contributed by atoms with Crippen LogP contribution in [0.2, 0.25) is 0 Å². The molecule has 1 heterocycles. The molecule has 1 atom stereocenters. The van der Waals surface area contributed by atoms with Crippen LogP contribution in [0.1, 0.15) is 37.4 Å². The van der Waals surface area contributed by atoms with Gasteiger partial charge in [-0.25, -0.2) is 9.97 Å². The fraction of sp³-hybridized carbons (Fsp3) is 0.750. The van der Waals surface area contributed by atoms with E-state index in [-0.39, 0.29) is 0 Å². The van der Waals surface area contributed by atoms with Gasteiger partial charge in [-0.05, 0) is 51.1 Å². The number of ether oxygens (including phenoxy) is 2. The van der Waals surface area contributed by atoms with Crippen molar-refractivity contribution < 1.29 is 9.47 Å². The zero-order valence-corrected chi connectivity index (χ0v) is 13.6. The third-order valence-electron chi connectivity index (χ3n) is 4.22. The lowest BCUT2D eigenvalue weighted by atomic mass is 9.87. The van der Waals surface area contributed by atoms with Crippen LogP contribution in [0, 0.1) is 5.92 Å². The zero-order chi connectivity index (χ0) is 15.3. The molecule has 1 aliphatic carbocycles. The van der Waals surface area contributed by atoms with E-state index in [0.29, 0.717) is 5.92 Å². The summed E-state index contributed by atoms with van der Waals surface area (Å²) in [5.74, 6) is 1.44. The van der Waals surface area contributed by atoms with Crippen molar-refractivity contribution in [2.75, 3.05) is 33.9 Å². The Labute approximate surface area is 127 Å². The van der Waals surface area contributed by atoms with Crippen LogP contribution >= 0.6 is 0 Å². The summed E-state index contributed by atoms with van der Waals surface area (Å²) in [7, 11) is 3.43. The Morgan fingerprint density at radius 2 is 2.19 bits per heavy atom. The first-order valence-electron chi connectivity index (χ1n) is 7.67. The molecule has 0 aliphatic heterocycles. The van der Waals surface area contributed by atoms with E-state index in [2.05, 4.69) is 10.3 Å². The van der Waals surface area contributed by atoms with Crippen molar-refractivity contribution in [1.82, 2.24) is 15.3 Å². The summed E-state index contributed by atoms with van der Waals surface area (Å²) in [5, 5.41) is 3.45. The monoisotopic (exact) mass is 293 g/mol. The van der Waals surface area contributed by atoms with Gasteiger partial charge in [0.1, 0.15) is 5.60 Å². The van der Waals surface area contributed by atoms with E-state index < -0.39 is 5.60 Å². The molecule has 0 spiro atoms. The van der Waals surface area contributed by atoms with Gasteiger partial charge in [-0.3, -0.25) is 0 Å². The van der Waals surface area contributed by atoms with Crippen LogP contribution < -0.4 is 5.32 Å². The Morgan fingerprint density at radius 1 is 1.38 bits per heavy atom. The zero-order valence-electron chi connectivity index (χ0n) is 13.6. The van der Waals surface area contributed by atoms with Gasteiger partial charge in [0.25, 0.3) is 0 Å². The number of fused-ring (bicyclic) bond motifs is 1. The van der Waals surface area contributed by atoms with E-state index in [1.54, 1.807) is 14.2 Å². The van der Waals surface area contributed by atoms with Crippen molar-refractivity contribution in [2.24, 2.45) is 5.92 Å². The van der Waals surface area contributed by atoms with Gasteiger partial charge in [0.05, 0.1) is 6.61 Å². The molecule has 5 heteroatoms. The van der Waals surface area contributed by atoms with Gasteiger partial charge >= 0.3 is 0 Å². The topological polar surface area (TPSA) is 56.3 Å². The number of aryl methyl sites for hydroxylation is 1. The summed E-state index contributed by atoms with van der Waals surface area (Å²) in [6.45, 7) is 6.72. The first-order valence-corrected chi connectivity index (χ1v) is 7.67. The minimum atomic E-state index is -0.423. The summed E-state index contributed by atoms with van der Waals surface area (Å²) in [6.07, 6.45) is 5.25. The molecule has 21 heavy (non-hydrogen) atoms. The summed E-state index contributed by atoms with van der Waals surface area (Å²) < 4.78 is 10.5. The standard InChI is InChI=1S/C16H27N3O2/c1-16(2,21-4)15-18-11-13-9-12(5-6-14(13)19-15)10-17-7-8-20-3/h11-12,17H,5-10H2,1-4H3. The lowest BCUT2D eigenvalue weighted by Gasteiger charge is -2.27. The fourth-order valence-corrected chi connectivity index (χ4v) is 2.62. The maximum absolute atomic E-state index is 5.47. The third kappa shape index (κ3) is 4.22. The summed E-state index contributed by atoms with van der Waals surface area (Å²) in [5.41, 5.74) is 2.06. The number of rotatable bonds is 7. The van der Waals surface area contributed by atoms with Crippen LogP contribution in [-0.4, -0.2) is 43.9 Å². The average molecular weight is 293 g/mol. The maximum Gasteiger partial charge on any atom is 0.159 e. The van der Waals surface area contributed by atoms with Crippen LogP contribution in [0.15, 0.2) is 6.20 Å². The highest BCUT2D eigenvalue weighted by Crippen LogP contribution is 2.26. The van der Waals surface area contributed by atoms with Gasteiger partial charge < -0.3 is 14.8 Å². The quantitative estimate of drug-likeness (QED) is 0.776. The summed E-state index contributed by atoms with van der Waals surface area (Å²) in [4.78, 5) is 9.23. The highest BCUT2D eigenvalue weighted by atomic mass is 16.5. The molecule has 0 aromatic carbocycles. The van der Waals surface area contributed by atoms with Crippen LogP contribution in [0.3, 0.4) is 0 Å². The number of hydrogen-bond donors (Lipinski definition) is 1. The van der Waals surface area contributed by atoms with Crippen molar-refractivity contribution in [1.29, 1.82) is 0 Å². The second kappa shape index (κ2) is 7.29. The highest BCUT2D eigenvalue weighted by molar-refractivity contribution is 5.22.